The Morgan fingerprint density at radius 2 is 1.87 bits per heavy atom. The van der Waals surface area contributed by atoms with Crippen molar-refractivity contribution in [3.63, 3.8) is 0 Å². The van der Waals surface area contributed by atoms with Gasteiger partial charge in [-0.1, -0.05) is 12.1 Å². The van der Waals surface area contributed by atoms with Crippen LogP contribution in [0.25, 0.3) is 0 Å². The average molecular weight is 310 g/mol. The summed E-state index contributed by atoms with van der Waals surface area (Å²) in [6.45, 7) is 5.75. The van der Waals surface area contributed by atoms with Crippen LogP contribution in [-0.2, 0) is 11.3 Å². The van der Waals surface area contributed by atoms with E-state index in [0.717, 1.165) is 11.3 Å². The van der Waals surface area contributed by atoms with Gasteiger partial charge in [0.25, 0.3) is 5.56 Å². The number of pyridine rings is 1. The first kappa shape index (κ1) is 16.5. The third kappa shape index (κ3) is 3.86. The average Bonchev–Trinajstić information content (AvgIpc) is 2.51. The van der Waals surface area contributed by atoms with E-state index in [2.05, 4.69) is 0 Å². The number of carbonyl (C=O) groups is 1. The maximum Gasteiger partial charge on any atom is 0.338 e. The van der Waals surface area contributed by atoms with Gasteiger partial charge < -0.3 is 9.30 Å². The number of nitriles is 1. The lowest BCUT2D eigenvalue weighted by molar-refractivity contribution is 0.0378. The number of aryl methyl sites for hydroxylation is 1. The fraction of sp³-hybridized carbons (Fsp3) is 0.278. The molecular weight excluding hydrogens is 292 g/mol. The Kier molecular flexibility index (Phi) is 4.97. The third-order valence-electron chi connectivity index (χ3n) is 3.39. The molecule has 0 bridgehead atoms. The van der Waals surface area contributed by atoms with Gasteiger partial charge in [-0.15, -0.1) is 0 Å². The largest absolute Gasteiger partial charge is 0.459 e. The minimum Gasteiger partial charge on any atom is -0.459 e. The molecule has 5 heteroatoms. The van der Waals surface area contributed by atoms with E-state index in [1.54, 1.807) is 48.7 Å². The van der Waals surface area contributed by atoms with E-state index >= 15 is 0 Å². The van der Waals surface area contributed by atoms with Gasteiger partial charge >= 0.3 is 5.97 Å². The summed E-state index contributed by atoms with van der Waals surface area (Å²) in [5.41, 5.74) is 1.92. The van der Waals surface area contributed by atoms with E-state index in [4.69, 9.17) is 10.00 Å². The number of nitrogens with zero attached hydrogens (tertiary/aromatic N) is 2. The number of aromatic nitrogens is 1. The lowest BCUT2D eigenvalue weighted by Crippen LogP contribution is -2.24. The van der Waals surface area contributed by atoms with Crippen molar-refractivity contribution in [2.24, 2.45) is 0 Å². The molecule has 118 valence electrons. The maximum atomic E-state index is 12.2. The maximum absolute atomic E-state index is 12.2. The van der Waals surface area contributed by atoms with E-state index in [-0.39, 0.29) is 23.2 Å². The second-order valence-corrected chi connectivity index (χ2v) is 5.54. The zero-order valence-electron chi connectivity index (χ0n) is 13.4. The summed E-state index contributed by atoms with van der Waals surface area (Å²) in [5.74, 6) is -0.369. The third-order valence-corrected chi connectivity index (χ3v) is 3.39. The molecule has 1 aromatic heterocycles. The first-order valence-electron chi connectivity index (χ1n) is 7.33. The van der Waals surface area contributed by atoms with Gasteiger partial charge in [-0.3, -0.25) is 4.79 Å². The Hall–Kier alpha value is -2.87. The summed E-state index contributed by atoms with van der Waals surface area (Å²) in [6.07, 6.45) is -0.169. The Labute approximate surface area is 134 Å². The number of hydrogen-bond donors (Lipinski definition) is 0. The van der Waals surface area contributed by atoms with Crippen LogP contribution in [0.5, 0.6) is 0 Å². The van der Waals surface area contributed by atoms with Crippen molar-refractivity contribution in [3.05, 3.63) is 69.1 Å². The molecule has 0 aliphatic rings. The predicted octanol–water partition coefficient (Wildman–Crippen LogP) is 2.64. The van der Waals surface area contributed by atoms with Gasteiger partial charge in [-0.25, -0.2) is 4.79 Å². The molecular formula is C18H18N2O3. The van der Waals surface area contributed by atoms with Crippen LogP contribution in [-0.4, -0.2) is 16.6 Å². The highest BCUT2D eigenvalue weighted by molar-refractivity contribution is 5.89. The highest BCUT2D eigenvalue weighted by atomic mass is 16.5. The highest BCUT2D eigenvalue weighted by Gasteiger charge is 2.10. The van der Waals surface area contributed by atoms with Crippen LogP contribution >= 0.6 is 0 Å². The van der Waals surface area contributed by atoms with Gasteiger partial charge in [0, 0.05) is 5.69 Å². The lowest BCUT2D eigenvalue weighted by Gasteiger charge is -2.11. The molecule has 1 heterocycles. The molecule has 0 saturated carbocycles. The number of hydrogen-bond acceptors (Lipinski definition) is 4. The SMILES string of the molecule is Cc1ccc(C#N)c(=O)n1Cc1ccc(C(=O)OC(C)C)cc1. The highest BCUT2D eigenvalue weighted by Crippen LogP contribution is 2.09. The van der Waals surface area contributed by atoms with Gasteiger partial charge in [0.1, 0.15) is 11.6 Å². The molecule has 0 aliphatic heterocycles. The van der Waals surface area contributed by atoms with Crippen LogP contribution in [0.3, 0.4) is 0 Å². The lowest BCUT2D eigenvalue weighted by atomic mass is 10.1. The fourth-order valence-corrected chi connectivity index (χ4v) is 2.16. The molecule has 5 nitrogen and oxygen atoms in total. The molecule has 2 aromatic rings. The zero-order valence-corrected chi connectivity index (χ0v) is 13.4. The van der Waals surface area contributed by atoms with Crippen molar-refractivity contribution < 1.29 is 9.53 Å². The second-order valence-electron chi connectivity index (χ2n) is 5.54. The molecule has 2 rings (SSSR count). The number of esters is 1. The van der Waals surface area contributed by atoms with Gasteiger partial charge in [-0.05, 0) is 50.6 Å². The molecule has 1 aromatic carbocycles. The summed E-state index contributed by atoms with van der Waals surface area (Å²) in [7, 11) is 0. The minimum absolute atomic E-state index is 0.118. The van der Waals surface area contributed by atoms with Crippen molar-refractivity contribution in [1.29, 1.82) is 5.26 Å². The summed E-state index contributed by atoms with van der Waals surface area (Å²) in [5, 5.41) is 8.95. The van der Waals surface area contributed by atoms with Gasteiger partial charge in [0.15, 0.2) is 0 Å². The zero-order chi connectivity index (χ0) is 17.0. The number of carbonyl (C=O) groups excluding carboxylic acids is 1. The van der Waals surface area contributed by atoms with Gasteiger partial charge in [0.2, 0.25) is 0 Å². The molecule has 0 unspecified atom stereocenters. The van der Waals surface area contributed by atoms with Crippen molar-refractivity contribution in [2.75, 3.05) is 0 Å². The molecule has 0 amide bonds. The van der Waals surface area contributed by atoms with Crippen molar-refractivity contribution in [2.45, 2.75) is 33.4 Å². The minimum atomic E-state index is -0.369. The Morgan fingerprint density at radius 1 is 1.22 bits per heavy atom. The monoisotopic (exact) mass is 310 g/mol. The summed E-state index contributed by atoms with van der Waals surface area (Å²) in [4.78, 5) is 24.0. The van der Waals surface area contributed by atoms with Crippen LogP contribution in [0.2, 0.25) is 0 Å². The molecule has 0 spiro atoms. The Bertz CT molecular complexity index is 812. The van der Waals surface area contributed by atoms with Crippen LogP contribution in [0.15, 0.2) is 41.2 Å². The van der Waals surface area contributed by atoms with Gasteiger partial charge in [-0.2, -0.15) is 5.26 Å². The normalized spacial score (nSPS) is 10.4. The van der Waals surface area contributed by atoms with Crippen molar-refractivity contribution in [1.82, 2.24) is 4.57 Å². The first-order chi connectivity index (χ1) is 10.9. The smallest absolute Gasteiger partial charge is 0.338 e. The second kappa shape index (κ2) is 6.93. The molecule has 0 fully saturated rings. The van der Waals surface area contributed by atoms with Crippen LogP contribution in [0.4, 0.5) is 0 Å². The standard InChI is InChI=1S/C18H18N2O3/c1-12(2)23-18(22)15-8-5-14(6-9-15)11-20-13(3)4-7-16(10-19)17(20)21/h4-9,12H,11H2,1-3H3. The van der Waals surface area contributed by atoms with Crippen LogP contribution < -0.4 is 5.56 Å². The summed E-state index contributed by atoms with van der Waals surface area (Å²) in [6, 6.07) is 12.1. The van der Waals surface area contributed by atoms with E-state index in [9.17, 15) is 9.59 Å². The number of rotatable bonds is 4. The Morgan fingerprint density at radius 3 is 2.43 bits per heavy atom. The quantitative estimate of drug-likeness (QED) is 0.814. The molecule has 23 heavy (non-hydrogen) atoms. The molecule has 0 saturated heterocycles. The molecule has 0 aliphatic carbocycles. The van der Waals surface area contributed by atoms with Crippen molar-refractivity contribution >= 4 is 5.97 Å². The number of ether oxygens (including phenoxy) is 1. The fourth-order valence-electron chi connectivity index (χ4n) is 2.16. The van der Waals surface area contributed by atoms with E-state index in [1.165, 1.54) is 6.07 Å². The summed E-state index contributed by atoms with van der Waals surface area (Å²) < 4.78 is 6.67. The van der Waals surface area contributed by atoms with E-state index < -0.39 is 0 Å². The molecule has 0 radical (unpaired) electrons. The topological polar surface area (TPSA) is 72.1 Å². The molecule has 0 atom stereocenters. The van der Waals surface area contributed by atoms with Crippen molar-refractivity contribution in [3.8, 4) is 6.07 Å². The molecule has 0 N–H and O–H groups in total. The number of benzene rings is 1. The predicted molar refractivity (Wildman–Crippen MR) is 86.2 cm³/mol. The van der Waals surface area contributed by atoms with Crippen LogP contribution in [0.1, 0.15) is 41.0 Å². The van der Waals surface area contributed by atoms with E-state index in [0.29, 0.717) is 12.1 Å². The summed E-state index contributed by atoms with van der Waals surface area (Å²) >= 11 is 0. The van der Waals surface area contributed by atoms with Gasteiger partial charge in [0.05, 0.1) is 18.2 Å². The Balaban J connectivity index is 2.24. The first-order valence-corrected chi connectivity index (χ1v) is 7.33. The van der Waals surface area contributed by atoms with Crippen LogP contribution in [0, 0.1) is 18.3 Å². The van der Waals surface area contributed by atoms with E-state index in [1.807, 2.05) is 13.0 Å².